The Morgan fingerprint density at radius 1 is 1.04 bits per heavy atom. The molecule has 7 heteroatoms. The molecule has 2 aliphatic rings. The van der Waals surface area contributed by atoms with Crippen LogP contribution in [0, 0.1) is 0 Å². The van der Waals surface area contributed by atoms with Crippen LogP contribution in [0.25, 0.3) is 0 Å². The number of aryl methyl sites for hydroxylation is 2. The lowest BCUT2D eigenvalue weighted by Gasteiger charge is -2.33. The molecule has 1 aliphatic heterocycles. The Kier molecular flexibility index (Phi) is 4.70. The molecular weight excluding hydrogens is 314 g/mol. The van der Waals surface area contributed by atoms with Gasteiger partial charge in [0.25, 0.3) is 0 Å². The van der Waals surface area contributed by atoms with Crippen LogP contribution in [0.5, 0.6) is 0 Å². The molecule has 1 aromatic rings. The zero-order valence-electron chi connectivity index (χ0n) is 13.2. The molecule has 1 aromatic carbocycles. The van der Waals surface area contributed by atoms with Gasteiger partial charge in [-0.15, -0.1) is 0 Å². The van der Waals surface area contributed by atoms with Crippen LogP contribution >= 0.6 is 0 Å². The largest absolute Gasteiger partial charge is 0.369 e. The molecule has 0 spiro atoms. The average Bonchev–Trinajstić information content (AvgIpc) is 2.54. The van der Waals surface area contributed by atoms with Gasteiger partial charge in [0.05, 0.1) is 11.4 Å². The molecule has 126 valence electrons. The number of nitrogens with two attached hydrogens (primary N) is 1. The summed E-state index contributed by atoms with van der Waals surface area (Å²) in [6.07, 6.45) is 4.32. The van der Waals surface area contributed by atoms with Crippen molar-refractivity contribution in [3.8, 4) is 0 Å². The van der Waals surface area contributed by atoms with Gasteiger partial charge in [-0.2, -0.15) is 4.31 Å². The molecule has 0 saturated carbocycles. The van der Waals surface area contributed by atoms with Crippen molar-refractivity contribution in [2.75, 3.05) is 32.7 Å². The summed E-state index contributed by atoms with van der Waals surface area (Å²) in [6, 6.07) is 5.54. The van der Waals surface area contributed by atoms with Gasteiger partial charge in [0, 0.05) is 26.2 Å². The van der Waals surface area contributed by atoms with E-state index in [1.807, 2.05) is 17.0 Å². The number of primary amides is 1. The van der Waals surface area contributed by atoms with Crippen LogP contribution in [0.4, 0.5) is 0 Å². The van der Waals surface area contributed by atoms with Gasteiger partial charge in [-0.3, -0.25) is 9.69 Å². The van der Waals surface area contributed by atoms with Crippen molar-refractivity contribution in [1.82, 2.24) is 9.21 Å². The molecule has 1 amide bonds. The maximum absolute atomic E-state index is 12.8. The first-order valence-electron chi connectivity index (χ1n) is 8.09. The van der Waals surface area contributed by atoms with Crippen molar-refractivity contribution in [2.24, 2.45) is 5.73 Å². The molecule has 1 fully saturated rings. The molecule has 1 saturated heterocycles. The first-order chi connectivity index (χ1) is 11.0. The van der Waals surface area contributed by atoms with E-state index in [0.29, 0.717) is 31.1 Å². The smallest absolute Gasteiger partial charge is 0.243 e. The van der Waals surface area contributed by atoms with Crippen molar-refractivity contribution < 1.29 is 13.2 Å². The number of benzene rings is 1. The zero-order valence-corrected chi connectivity index (χ0v) is 14.0. The molecule has 1 heterocycles. The molecule has 23 heavy (non-hydrogen) atoms. The molecule has 0 atom stereocenters. The first-order valence-corrected chi connectivity index (χ1v) is 9.53. The van der Waals surface area contributed by atoms with Gasteiger partial charge < -0.3 is 5.73 Å². The van der Waals surface area contributed by atoms with E-state index in [-0.39, 0.29) is 12.5 Å². The molecule has 0 radical (unpaired) electrons. The second-order valence-electron chi connectivity index (χ2n) is 6.28. The number of carbonyl (C=O) groups is 1. The number of nitrogens with zero attached hydrogens (tertiary/aromatic N) is 2. The predicted octanol–water partition coefficient (Wildman–Crippen LogP) is 0.357. The van der Waals surface area contributed by atoms with E-state index >= 15 is 0 Å². The van der Waals surface area contributed by atoms with Crippen molar-refractivity contribution in [1.29, 1.82) is 0 Å². The second-order valence-corrected chi connectivity index (χ2v) is 8.22. The van der Waals surface area contributed by atoms with E-state index in [2.05, 4.69) is 0 Å². The quantitative estimate of drug-likeness (QED) is 0.860. The highest BCUT2D eigenvalue weighted by Crippen LogP contribution is 2.26. The third kappa shape index (κ3) is 3.57. The summed E-state index contributed by atoms with van der Waals surface area (Å²) in [4.78, 5) is 13.2. The summed E-state index contributed by atoms with van der Waals surface area (Å²) in [5.74, 6) is -0.379. The van der Waals surface area contributed by atoms with E-state index in [1.54, 1.807) is 6.07 Å². The molecule has 3 rings (SSSR count). The average molecular weight is 337 g/mol. The fraction of sp³-hybridized carbons (Fsp3) is 0.562. The van der Waals surface area contributed by atoms with Crippen molar-refractivity contribution >= 4 is 15.9 Å². The second kappa shape index (κ2) is 6.59. The third-order valence-corrected chi connectivity index (χ3v) is 6.56. The Hall–Kier alpha value is -1.44. The lowest BCUT2D eigenvalue weighted by molar-refractivity contribution is -0.119. The van der Waals surface area contributed by atoms with Crippen molar-refractivity contribution in [2.45, 2.75) is 30.6 Å². The van der Waals surface area contributed by atoms with Crippen LogP contribution in [0.15, 0.2) is 23.1 Å². The van der Waals surface area contributed by atoms with Crippen molar-refractivity contribution in [3.63, 3.8) is 0 Å². The monoisotopic (exact) mass is 337 g/mol. The van der Waals surface area contributed by atoms with Crippen LogP contribution in [-0.4, -0.2) is 56.3 Å². The number of fused-ring (bicyclic) bond motifs is 1. The summed E-state index contributed by atoms with van der Waals surface area (Å²) in [7, 11) is -3.46. The van der Waals surface area contributed by atoms with E-state index in [1.165, 1.54) is 21.9 Å². The van der Waals surface area contributed by atoms with E-state index < -0.39 is 10.0 Å². The van der Waals surface area contributed by atoms with Crippen LogP contribution in [0.3, 0.4) is 0 Å². The standard InChI is InChI=1S/C16H23N3O3S/c17-16(20)12-18-7-9-19(10-8-18)23(21,22)15-6-5-13-3-1-2-4-14(13)11-15/h5-6,11H,1-4,7-10,12H2,(H2,17,20). The number of piperazine rings is 1. The molecule has 1 aliphatic carbocycles. The predicted molar refractivity (Wildman–Crippen MR) is 87.5 cm³/mol. The summed E-state index contributed by atoms with van der Waals surface area (Å²) in [5, 5.41) is 0. The highest BCUT2D eigenvalue weighted by Gasteiger charge is 2.29. The number of hydrogen-bond acceptors (Lipinski definition) is 4. The van der Waals surface area contributed by atoms with Crippen LogP contribution in [0.1, 0.15) is 24.0 Å². The number of hydrogen-bond donors (Lipinski definition) is 1. The van der Waals surface area contributed by atoms with E-state index in [9.17, 15) is 13.2 Å². The Morgan fingerprint density at radius 3 is 2.35 bits per heavy atom. The normalized spacial score (nSPS) is 20.2. The Balaban J connectivity index is 1.73. The molecule has 0 aromatic heterocycles. The van der Waals surface area contributed by atoms with Gasteiger partial charge in [0.1, 0.15) is 0 Å². The summed E-state index contributed by atoms with van der Waals surface area (Å²) in [5.41, 5.74) is 7.64. The third-order valence-electron chi connectivity index (χ3n) is 4.67. The lowest BCUT2D eigenvalue weighted by Crippen LogP contribution is -2.50. The topological polar surface area (TPSA) is 83.7 Å². The minimum absolute atomic E-state index is 0.187. The Labute approximate surface area is 137 Å². The van der Waals surface area contributed by atoms with Gasteiger partial charge in [0.2, 0.25) is 15.9 Å². The fourth-order valence-electron chi connectivity index (χ4n) is 3.37. The van der Waals surface area contributed by atoms with Crippen LogP contribution in [0.2, 0.25) is 0 Å². The molecular formula is C16H23N3O3S. The maximum atomic E-state index is 12.8. The van der Waals surface area contributed by atoms with E-state index in [0.717, 1.165) is 19.3 Å². The maximum Gasteiger partial charge on any atom is 0.243 e. The molecule has 2 N–H and O–H groups in total. The summed E-state index contributed by atoms with van der Waals surface area (Å²) < 4.78 is 27.1. The molecule has 6 nitrogen and oxygen atoms in total. The zero-order chi connectivity index (χ0) is 16.4. The van der Waals surface area contributed by atoms with Crippen molar-refractivity contribution in [3.05, 3.63) is 29.3 Å². The minimum Gasteiger partial charge on any atom is -0.369 e. The highest BCUT2D eigenvalue weighted by molar-refractivity contribution is 7.89. The van der Waals surface area contributed by atoms with Gasteiger partial charge in [-0.1, -0.05) is 6.07 Å². The Bertz CT molecular complexity index is 695. The first kappa shape index (κ1) is 16.4. The summed E-state index contributed by atoms with van der Waals surface area (Å²) >= 11 is 0. The number of sulfonamides is 1. The van der Waals surface area contributed by atoms with E-state index in [4.69, 9.17) is 5.73 Å². The van der Waals surface area contributed by atoms with Crippen LogP contribution in [-0.2, 0) is 27.7 Å². The molecule has 0 bridgehead atoms. The van der Waals surface area contributed by atoms with Gasteiger partial charge >= 0.3 is 0 Å². The number of rotatable bonds is 4. The van der Waals surface area contributed by atoms with Gasteiger partial charge in [-0.25, -0.2) is 8.42 Å². The highest BCUT2D eigenvalue weighted by atomic mass is 32.2. The number of carbonyl (C=O) groups excluding carboxylic acids is 1. The van der Waals surface area contributed by atoms with Gasteiger partial charge in [-0.05, 0) is 48.9 Å². The Morgan fingerprint density at radius 2 is 1.70 bits per heavy atom. The number of amides is 1. The fourth-order valence-corrected chi connectivity index (χ4v) is 4.84. The summed E-state index contributed by atoms with van der Waals surface area (Å²) in [6.45, 7) is 2.05. The van der Waals surface area contributed by atoms with Crippen LogP contribution < -0.4 is 5.73 Å². The molecule has 0 unspecified atom stereocenters. The van der Waals surface area contributed by atoms with Gasteiger partial charge in [0.15, 0.2) is 0 Å². The SMILES string of the molecule is NC(=O)CN1CCN(S(=O)(=O)c2ccc3c(c2)CCCC3)CC1. The lowest BCUT2D eigenvalue weighted by atomic mass is 9.92. The minimum atomic E-state index is -3.46.